The summed E-state index contributed by atoms with van der Waals surface area (Å²) in [5.74, 6) is 0.349. The van der Waals surface area contributed by atoms with Crippen molar-refractivity contribution in [1.82, 2.24) is 0 Å². The number of rotatable bonds is 4. The standard InChI is InChI=1S/C14H20O2S/c1-2-10-5-6-13(14(15)16)11(8-10)9-12-4-3-7-17-12/h3-4,7,10-11,13H,2,5-6,8-9H2,1H3,(H,15,16). The van der Waals surface area contributed by atoms with Crippen molar-refractivity contribution in [3.63, 3.8) is 0 Å². The van der Waals surface area contributed by atoms with E-state index in [2.05, 4.69) is 24.4 Å². The Morgan fingerprint density at radius 2 is 2.35 bits per heavy atom. The van der Waals surface area contributed by atoms with Gasteiger partial charge in [0.05, 0.1) is 5.92 Å². The normalized spacial score (nSPS) is 29.1. The summed E-state index contributed by atoms with van der Waals surface area (Å²) in [6.07, 6.45) is 5.18. The van der Waals surface area contributed by atoms with Crippen molar-refractivity contribution in [2.24, 2.45) is 17.8 Å². The van der Waals surface area contributed by atoms with E-state index >= 15 is 0 Å². The van der Waals surface area contributed by atoms with E-state index in [-0.39, 0.29) is 5.92 Å². The molecule has 1 heterocycles. The van der Waals surface area contributed by atoms with Gasteiger partial charge in [0, 0.05) is 4.88 Å². The van der Waals surface area contributed by atoms with Crippen molar-refractivity contribution in [2.75, 3.05) is 0 Å². The molecule has 0 amide bonds. The van der Waals surface area contributed by atoms with Gasteiger partial charge in [0.15, 0.2) is 0 Å². The minimum Gasteiger partial charge on any atom is -0.481 e. The van der Waals surface area contributed by atoms with Crippen LogP contribution in [0.5, 0.6) is 0 Å². The second kappa shape index (κ2) is 5.67. The van der Waals surface area contributed by atoms with E-state index in [1.807, 2.05) is 0 Å². The molecule has 0 aliphatic heterocycles. The second-order valence-corrected chi connectivity index (χ2v) is 6.11. The first kappa shape index (κ1) is 12.6. The summed E-state index contributed by atoms with van der Waals surface area (Å²) in [6.45, 7) is 2.22. The molecule has 0 spiro atoms. The smallest absolute Gasteiger partial charge is 0.306 e. The Labute approximate surface area is 107 Å². The summed E-state index contributed by atoms with van der Waals surface area (Å²) in [7, 11) is 0. The Morgan fingerprint density at radius 1 is 1.53 bits per heavy atom. The highest BCUT2D eigenvalue weighted by atomic mass is 32.1. The fourth-order valence-corrected chi connectivity index (χ4v) is 3.77. The third kappa shape index (κ3) is 3.09. The fraction of sp³-hybridized carbons (Fsp3) is 0.643. The van der Waals surface area contributed by atoms with Crippen molar-refractivity contribution in [2.45, 2.75) is 39.0 Å². The van der Waals surface area contributed by atoms with Gasteiger partial charge in [-0.15, -0.1) is 11.3 Å². The summed E-state index contributed by atoms with van der Waals surface area (Å²) >= 11 is 1.75. The van der Waals surface area contributed by atoms with Crippen molar-refractivity contribution >= 4 is 17.3 Å². The molecule has 0 radical (unpaired) electrons. The molecule has 0 bridgehead atoms. The average molecular weight is 252 g/mol. The predicted molar refractivity (Wildman–Crippen MR) is 70.3 cm³/mol. The number of carbonyl (C=O) groups is 1. The Bertz CT molecular complexity index is 358. The van der Waals surface area contributed by atoms with Gasteiger partial charge >= 0.3 is 5.97 Å². The van der Waals surface area contributed by atoms with Gasteiger partial charge in [-0.2, -0.15) is 0 Å². The van der Waals surface area contributed by atoms with E-state index in [4.69, 9.17) is 0 Å². The summed E-state index contributed by atoms with van der Waals surface area (Å²) in [5.41, 5.74) is 0. The molecule has 2 nitrogen and oxygen atoms in total. The van der Waals surface area contributed by atoms with Crippen molar-refractivity contribution in [3.8, 4) is 0 Å². The van der Waals surface area contributed by atoms with E-state index in [0.717, 1.165) is 31.6 Å². The predicted octanol–water partition coefficient (Wildman–Crippen LogP) is 3.82. The van der Waals surface area contributed by atoms with Crippen LogP contribution in [0.15, 0.2) is 17.5 Å². The summed E-state index contributed by atoms with van der Waals surface area (Å²) < 4.78 is 0. The number of hydrogen-bond acceptors (Lipinski definition) is 2. The van der Waals surface area contributed by atoms with Gasteiger partial charge in [0.25, 0.3) is 0 Å². The number of carboxylic acid groups (broad SMARTS) is 1. The maximum absolute atomic E-state index is 11.3. The number of thiophene rings is 1. The van der Waals surface area contributed by atoms with Crippen LogP contribution in [0.3, 0.4) is 0 Å². The molecule has 3 atom stereocenters. The Morgan fingerprint density at radius 3 is 2.94 bits per heavy atom. The molecule has 1 aromatic heterocycles. The van der Waals surface area contributed by atoms with Crippen LogP contribution in [0.1, 0.15) is 37.5 Å². The lowest BCUT2D eigenvalue weighted by Gasteiger charge is -2.33. The molecule has 1 N–H and O–H groups in total. The van der Waals surface area contributed by atoms with Gasteiger partial charge in [-0.05, 0) is 49.0 Å². The monoisotopic (exact) mass is 252 g/mol. The van der Waals surface area contributed by atoms with Gasteiger partial charge in [-0.1, -0.05) is 19.4 Å². The highest BCUT2D eigenvalue weighted by molar-refractivity contribution is 7.09. The van der Waals surface area contributed by atoms with Crippen LogP contribution in [-0.4, -0.2) is 11.1 Å². The fourth-order valence-electron chi connectivity index (χ4n) is 2.97. The first-order valence-corrected chi connectivity index (χ1v) is 7.33. The summed E-state index contributed by atoms with van der Waals surface area (Å²) in [4.78, 5) is 12.6. The third-order valence-corrected chi connectivity index (χ3v) is 4.93. The zero-order valence-electron chi connectivity index (χ0n) is 10.3. The highest BCUT2D eigenvalue weighted by Gasteiger charge is 2.34. The number of carboxylic acids is 1. The van der Waals surface area contributed by atoms with Gasteiger partial charge in [0.2, 0.25) is 0 Å². The van der Waals surface area contributed by atoms with E-state index in [1.54, 1.807) is 11.3 Å². The topological polar surface area (TPSA) is 37.3 Å². The molecule has 2 rings (SSSR count). The highest BCUT2D eigenvalue weighted by Crippen LogP contribution is 2.38. The minimum atomic E-state index is -0.596. The van der Waals surface area contributed by atoms with Crippen molar-refractivity contribution in [3.05, 3.63) is 22.4 Å². The van der Waals surface area contributed by atoms with Crippen LogP contribution in [0.25, 0.3) is 0 Å². The summed E-state index contributed by atoms with van der Waals surface area (Å²) in [6, 6.07) is 4.18. The van der Waals surface area contributed by atoms with Crippen LogP contribution < -0.4 is 0 Å². The van der Waals surface area contributed by atoms with Crippen LogP contribution >= 0.6 is 11.3 Å². The molecule has 3 unspecified atom stereocenters. The molecule has 1 aromatic rings. The van der Waals surface area contributed by atoms with Crippen LogP contribution in [0, 0.1) is 17.8 Å². The van der Waals surface area contributed by atoms with Gasteiger partial charge < -0.3 is 5.11 Å². The lowest BCUT2D eigenvalue weighted by Crippen LogP contribution is -2.31. The van der Waals surface area contributed by atoms with Gasteiger partial charge in [-0.3, -0.25) is 4.79 Å². The molecule has 1 saturated carbocycles. The quantitative estimate of drug-likeness (QED) is 0.884. The van der Waals surface area contributed by atoms with Crippen molar-refractivity contribution < 1.29 is 9.90 Å². The Balaban J connectivity index is 2.05. The van der Waals surface area contributed by atoms with Crippen LogP contribution in [0.2, 0.25) is 0 Å². The molecule has 1 fully saturated rings. The molecular weight excluding hydrogens is 232 g/mol. The van der Waals surface area contributed by atoms with Crippen LogP contribution in [-0.2, 0) is 11.2 Å². The lowest BCUT2D eigenvalue weighted by molar-refractivity contribution is -0.145. The minimum absolute atomic E-state index is 0.125. The molecular formula is C14H20O2S. The first-order valence-electron chi connectivity index (χ1n) is 6.46. The zero-order chi connectivity index (χ0) is 12.3. The van der Waals surface area contributed by atoms with Crippen molar-refractivity contribution in [1.29, 1.82) is 0 Å². The average Bonchev–Trinajstić information content (AvgIpc) is 2.81. The number of hydrogen-bond donors (Lipinski definition) is 1. The van der Waals surface area contributed by atoms with Gasteiger partial charge in [0.1, 0.15) is 0 Å². The van der Waals surface area contributed by atoms with E-state index < -0.39 is 5.97 Å². The van der Waals surface area contributed by atoms with E-state index in [9.17, 15) is 9.90 Å². The Hall–Kier alpha value is -0.830. The largest absolute Gasteiger partial charge is 0.481 e. The molecule has 94 valence electrons. The summed E-state index contributed by atoms with van der Waals surface area (Å²) in [5, 5.41) is 11.4. The molecule has 1 aliphatic carbocycles. The molecule has 0 aromatic carbocycles. The maximum Gasteiger partial charge on any atom is 0.306 e. The second-order valence-electron chi connectivity index (χ2n) is 5.08. The van der Waals surface area contributed by atoms with E-state index in [0.29, 0.717) is 5.92 Å². The molecule has 17 heavy (non-hydrogen) atoms. The third-order valence-electron chi connectivity index (χ3n) is 4.03. The van der Waals surface area contributed by atoms with Gasteiger partial charge in [-0.25, -0.2) is 0 Å². The molecule has 1 aliphatic rings. The SMILES string of the molecule is CCC1CCC(C(=O)O)C(Cc2cccs2)C1. The van der Waals surface area contributed by atoms with Crippen LogP contribution in [0.4, 0.5) is 0 Å². The lowest BCUT2D eigenvalue weighted by atomic mass is 9.72. The number of aliphatic carboxylic acids is 1. The zero-order valence-corrected chi connectivity index (χ0v) is 11.1. The first-order chi connectivity index (χ1) is 8.20. The van der Waals surface area contributed by atoms with E-state index in [1.165, 1.54) is 11.3 Å². The molecule has 3 heteroatoms. The Kier molecular flexibility index (Phi) is 4.21. The maximum atomic E-state index is 11.3. The molecule has 0 saturated heterocycles.